The molecule has 0 bridgehead atoms. The van der Waals surface area contributed by atoms with Gasteiger partial charge in [-0.05, 0) is 51.0 Å². The van der Waals surface area contributed by atoms with Crippen molar-refractivity contribution in [1.29, 1.82) is 0 Å². The van der Waals surface area contributed by atoms with Crippen molar-refractivity contribution in [2.24, 2.45) is 5.73 Å². The Kier molecular flexibility index (Phi) is 3.03. The van der Waals surface area contributed by atoms with Crippen LogP contribution in [0.2, 0.25) is 0 Å². The van der Waals surface area contributed by atoms with Crippen molar-refractivity contribution in [3.05, 3.63) is 34.4 Å². The van der Waals surface area contributed by atoms with Crippen molar-refractivity contribution in [2.75, 3.05) is 6.54 Å². The van der Waals surface area contributed by atoms with E-state index in [4.69, 9.17) is 10.5 Å². The van der Waals surface area contributed by atoms with Gasteiger partial charge in [0.2, 0.25) is 0 Å². The van der Waals surface area contributed by atoms with Crippen molar-refractivity contribution < 1.29 is 9.53 Å². The zero-order chi connectivity index (χ0) is 13.5. The average molecular weight is 245 g/mol. The van der Waals surface area contributed by atoms with Gasteiger partial charge < -0.3 is 10.5 Å². The van der Waals surface area contributed by atoms with Crippen LogP contribution in [0.15, 0.2) is 12.1 Å². The number of hydrogen-bond donors (Lipinski definition) is 1. The minimum absolute atomic E-state index is 0.0222. The summed E-state index contributed by atoms with van der Waals surface area (Å²) in [6.45, 7) is 7.92. The number of rotatable bonds is 2. The molecule has 3 nitrogen and oxygen atoms in total. The van der Waals surface area contributed by atoms with Gasteiger partial charge in [0, 0.05) is 11.1 Å². The molecule has 96 valence electrons. The first-order chi connectivity index (χ1) is 8.35. The monoisotopic (exact) mass is 245 g/mol. The lowest BCUT2D eigenvalue weighted by molar-refractivity contribution is 0.1000. The van der Waals surface area contributed by atoms with Crippen LogP contribution in [-0.4, -0.2) is 17.9 Å². The summed E-state index contributed by atoms with van der Waals surface area (Å²) in [4.78, 5) is 11.9. The first-order valence-corrected chi connectivity index (χ1v) is 6.11. The number of fused-ring (bicyclic) bond motifs is 1. The van der Waals surface area contributed by atoms with E-state index < -0.39 is 0 Å². The molecule has 0 fully saturated rings. The largest absolute Gasteiger partial charge is 0.483 e. The van der Waals surface area contributed by atoms with E-state index in [2.05, 4.69) is 0 Å². The number of nitrogens with two attached hydrogens (primary N) is 1. The smallest absolute Gasteiger partial charge is 0.176 e. The third-order valence-corrected chi connectivity index (χ3v) is 3.28. The summed E-state index contributed by atoms with van der Waals surface area (Å²) in [6.07, 6.45) is 4.04. The SMILES string of the molecule is Cc1cc2c(c(C)c1C(=O)CN)C=CC(C)(C)O2. The van der Waals surface area contributed by atoms with E-state index in [1.807, 2.05) is 45.9 Å². The second-order valence-electron chi connectivity index (χ2n) is 5.27. The summed E-state index contributed by atoms with van der Waals surface area (Å²) < 4.78 is 5.92. The standard InChI is InChI=1S/C15H19NO2/c1-9-7-13-11(5-6-15(3,4)18-13)10(2)14(9)12(17)8-16/h5-7H,8,16H2,1-4H3. The van der Waals surface area contributed by atoms with Crippen molar-refractivity contribution in [2.45, 2.75) is 33.3 Å². The molecule has 2 rings (SSSR count). The highest BCUT2D eigenvalue weighted by Gasteiger charge is 2.25. The normalized spacial score (nSPS) is 16.1. The number of carbonyl (C=O) groups is 1. The zero-order valence-corrected chi connectivity index (χ0v) is 11.3. The highest BCUT2D eigenvalue weighted by molar-refractivity contribution is 6.01. The lowest BCUT2D eigenvalue weighted by Crippen LogP contribution is -2.28. The van der Waals surface area contributed by atoms with E-state index in [-0.39, 0.29) is 17.9 Å². The zero-order valence-electron chi connectivity index (χ0n) is 11.3. The minimum Gasteiger partial charge on any atom is -0.483 e. The molecule has 2 N–H and O–H groups in total. The van der Waals surface area contributed by atoms with Crippen molar-refractivity contribution in [3.8, 4) is 5.75 Å². The molecule has 0 aromatic heterocycles. The Morgan fingerprint density at radius 1 is 1.39 bits per heavy atom. The molecule has 18 heavy (non-hydrogen) atoms. The Morgan fingerprint density at radius 3 is 2.67 bits per heavy atom. The second kappa shape index (κ2) is 4.25. The molecule has 0 saturated carbocycles. The van der Waals surface area contributed by atoms with Gasteiger partial charge >= 0.3 is 0 Å². The molecule has 0 aliphatic carbocycles. The van der Waals surface area contributed by atoms with Crippen LogP contribution < -0.4 is 10.5 Å². The minimum atomic E-state index is -0.300. The molecule has 0 unspecified atom stereocenters. The van der Waals surface area contributed by atoms with E-state index >= 15 is 0 Å². The van der Waals surface area contributed by atoms with Crippen LogP contribution in [0.25, 0.3) is 6.08 Å². The second-order valence-corrected chi connectivity index (χ2v) is 5.27. The van der Waals surface area contributed by atoms with E-state index in [1.165, 1.54) is 0 Å². The molecule has 0 saturated heterocycles. The highest BCUT2D eigenvalue weighted by atomic mass is 16.5. The van der Waals surface area contributed by atoms with Crippen LogP contribution in [-0.2, 0) is 0 Å². The third-order valence-electron chi connectivity index (χ3n) is 3.28. The fourth-order valence-electron chi connectivity index (χ4n) is 2.39. The van der Waals surface area contributed by atoms with Gasteiger partial charge in [-0.15, -0.1) is 0 Å². The molecule has 0 radical (unpaired) electrons. The molecule has 1 aliphatic heterocycles. The van der Waals surface area contributed by atoms with Crippen LogP contribution in [0.5, 0.6) is 5.75 Å². The number of Topliss-reactive ketones (excluding diaryl/α,β-unsaturated/α-hetero) is 1. The van der Waals surface area contributed by atoms with Crippen LogP contribution in [0.4, 0.5) is 0 Å². The Balaban J connectivity index is 2.62. The van der Waals surface area contributed by atoms with Gasteiger partial charge in [0.1, 0.15) is 11.4 Å². The fourth-order valence-corrected chi connectivity index (χ4v) is 2.39. The topological polar surface area (TPSA) is 52.3 Å². The Hall–Kier alpha value is -1.61. The Labute approximate surface area is 108 Å². The summed E-state index contributed by atoms with van der Waals surface area (Å²) in [5.74, 6) is 0.817. The van der Waals surface area contributed by atoms with E-state index in [1.54, 1.807) is 0 Å². The van der Waals surface area contributed by atoms with E-state index in [0.29, 0.717) is 0 Å². The summed E-state index contributed by atoms with van der Waals surface area (Å²) >= 11 is 0. The number of benzene rings is 1. The first kappa shape index (κ1) is 12.8. The molecule has 3 heteroatoms. The molecule has 1 aromatic rings. The van der Waals surface area contributed by atoms with Gasteiger partial charge in [0.15, 0.2) is 5.78 Å². The lowest BCUT2D eigenvalue weighted by atomic mass is 9.91. The Bertz CT molecular complexity index is 542. The van der Waals surface area contributed by atoms with Crippen LogP contribution in [0.3, 0.4) is 0 Å². The maximum absolute atomic E-state index is 11.9. The highest BCUT2D eigenvalue weighted by Crippen LogP contribution is 2.36. The molecule has 1 aromatic carbocycles. The van der Waals surface area contributed by atoms with Gasteiger partial charge in [-0.3, -0.25) is 4.79 Å². The van der Waals surface area contributed by atoms with Crippen LogP contribution >= 0.6 is 0 Å². The fraction of sp³-hybridized carbons (Fsp3) is 0.400. The van der Waals surface area contributed by atoms with E-state index in [9.17, 15) is 4.79 Å². The number of hydrogen-bond acceptors (Lipinski definition) is 3. The molecule has 1 aliphatic rings. The first-order valence-electron chi connectivity index (χ1n) is 6.11. The summed E-state index contributed by atoms with van der Waals surface area (Å²) in [5.41, 5.74) is 8.75. The van der Waals surface area contributed by atoms with Crippen LogP contribution in [0.1, 0.15) is 40.9 Å². The molecule has 1 heterocycles. The predicted molar refractivity (Wildman–Crippen MR) is 73.0 cm³/mol. The van der Waals surface area contributed by atoms with Crippen molar-refractivity contribution >= 4 is 11.9 Å². The molecule has 0 amide bonds. The molecule has 0 atom stereocenters. The number of ether oxygens (including phenoxy) is 1. The van der Waals surface area contributed by atoms with Gasteiger partial charge in [-0.1, -0.05) is 6.08 Å². The number of carbonyl (C=O) groups excluding carboxylic acids is 1. The van der Waals surface area contributed by atoms with Gasteiger partial charge in [0.05, 0.1) is 6.54 Å². The maximum atomic E-state index is 11.9. The maximum Gasteiger partial charge on any atom is 0.176 e. The van der Waals surface area contributed by atoms with Crippen LogP contribution in [0, 0.1) is 13.8 Å². The third kappa shape index (κ3) is 2.06. The molecule has 0 spiro atoms. The van der Waals surface area contributed by atoms with Crippen molar-refractivity contribution in [1.82, 2.24) is 0 Å². The average Bonchev–Trinajstić information content (AvgIpc) is 2.26. The van der Waals surface area contributed by atoms with Crippen molar-refractivity contribution in [3.63, 3.8) is 0 Å². The Morgan fingerprint density at radius 2 is 2.06 bits per heavy atom. The summed E-state index contributed by atoms with van der Waals surface area (Å²) in [5, 5.41) is 0. The van der Waals surface area contributed by atoms with Gasteiger partial charge in [-0.2, -0.15) is 0 Å². The van der Waals surface area contributed by atoms with Gasteiger partial charge in [0.25, 0.3) is 0 Å². The quantitative estimate of drug-likeness (QED) is 0.815. The summed E-state index contributed by atoms with van der Waals surface area (Å²) in [6, 6.07) is 1.93. The number of ketones is 1. The predicted octanol–water partition coefficient (Wildman–Crippen LogP) is 2.63. The van der Waals surface area contributed by atoms with E-state index in [0.717, 1.165) is 28.0 Å². The summed E-state index contributed by atoms with van der Waals surface area (Å²) in [7, 11) is 0. The van der Waals surface area contributed by atoms with Gasteiger partial charge in [-0.25, -0.2) is 0 Å². The number of aryl methyl sites for hydroxylation is 1. The molecular weight excluding hydrogens is 226 g/mol. The lowest BCUT2D eigenvalue weighted by Gasteiger charge is -2.29. The molecular formula is C15H19NO2.